The first-order valence-corrected chi connectivity index (χ1v) is 10.3. The van der Waals surface area contributed by atoms with Crippen LogP contribution in [0.4, 0.5) is 5.82 Å². The number of carbonyl (C=O) groups is 2. The number of hydrogen-bond acceptors (Lipinski definition) is 5. The summed E-state index contributed by atoms with van der Waals surface area (Å²) in [6.45, 7) is 5.32. The molecule has 1 fully saturated rings. The first-order valence-electron chi connectivity index (χ1n) is 10.3. The van der Waals surface area contributed by atoms with Crippen molar-refractivity contribution in [3.63, 3.8) is 0 Å². The van der Waals surface area contributed by atoms with Gasteiger partial charge in [0, 0.05) is 57.5 Å². The summed E-state index contributed by atoms with van der Waals surface area (Å²) in [4.78, 5) is 38.0. The summed E-state index contributed by atoms with van der Waals surface area (Å²) in [5.74, 6) is 1.43. The highest BCUT2D eigenvalue weighted by Crippen LogP contribution is 2.23. The Bertz CT molecular complexity index is 844. The largest absolute Gasteiger partial charge is 0.363 e. The third kappa shape index (κ3) is 5.19. The van der Waals surface area contributed by atoms with Gasteiger partial charge in [0.15, 0.2) is 0 Å². The number of anilines is 1. The fourth-order valence-corrected chi connectivity index (χ4v) is 3.67. The third-order valence-electron chi connectivity index (χ3n) is 5.29. The van der Waals surface area contributed by atoms with Crippen LogP contribution in [-0.4, -0.2) is 53.7 Å². The Morgan fingerprint density at radius 1 is 1.14 bits per heavy atom. The number of carbonyl (C=O) groups excluding carboxylic acids is 2. The molecule has 0 aromatic carbocycles. The molecular formula is C23H30N4O2. The number of amides is 1. The van der Waals surface area contributed by atoms with Gasteiger partial charge in [-0.1, -0.05) is 13.8 Å². The Kier molecular flexibility index (Phi) is 6.62. The number of Topliss-reactive ketones (excluding diaryl/α,β-unsaturated/α-hetero) is 1. The second kappa shape index (κ2) is 9.16. The predicted octanol–water partition coefficient (Wildman–Crippen LogP) is 3.68. The Labute approximate surface area is 173 Å². The van der Waals surface area contributed by atoms with Gasteiger partial charge in [-0.25, -0.2) is 4.98 Å². The maximum atomic E-state index is 12.9. The van der Waals surface area contributed by atoms with Crippen LogP contribution in [0.1, 0.15) is 43.5 Å². The van der Waals surface area contributed by atoms with Gasteiger partial charge < -0.3 is 9.80 Å². The highest BCUT2D eigenvalue weighted by Gasteiger charge is 2.29. The van der Waals surface area contributed by atoms with Crippen molar-refractivity contribution in [1.82, 2.24) is 14.9 Å². The zero-order valence-electron chi connectivity index (χ0n) is 17.8. The molecule has 0 aliphatic carbocycles. The summed E-state index contributed by atoms with van der Waals surface area (Å²) in [5, 5.41) is 0. The van der Waals surface area contributed by atoms with Crippen LogP contribution in [-0.2, 0) is 4.79 Å². The minimum Gasteiger partial charge on any atom is -0.363 e. The van der Waals surface area contributed by atoms with E-state index >= 15 is 0 Å². The molecule has 6 heteroatoms. The quantitative estimate of drug-likeness (QED) is 0.748. The Balaban J connectivity index is 1.67. The molecule has 3 heterocycles. The number of ketones is 1. The maximum Gasteiger partial charge on any atom is 0.255 e. The van der Waals surface area contributed by atoms with Crippen molar-refractivity contribution in [3.8, 4) is 11.3 Å². The molecule has 3 rings (SSSR count). The van der Waals surface area contributed by atoms with Crippen molar-refractivity contribution in [2.75, 3.05) is 32.1 Å². The number of likely N-dealkylation sites (tertiary alicyclic amines) is 1. The standard InChI is InChI=1S/C23H30N4O2/c1-16(2)12-21(28)19-6-5-11-27(15-19)23(29)18-7-9-20(24-14-18)17-8-10-22(25-13-17)26(3)4/h7-10,13-14,16,19H,5-6,11-12,15H2,1-4H3/t19-/m1/s1. The molecule has 0 bridgehead atoms. The normalized spacial score (nSPS) is 16.7. The van der Waals surface area contributed by atoms with Gasteiger partial charge in [0.25, 0.3) is 5.91 Å². The van der Waals surface area contributed by atoms with E-state index in [1.807, 2.05) is 43.3 Å². The van der Waals surface area contributed by atoms with Crippen LogP contribution < -0.4 is 4.90 Å². The number of pyridine rings is 2. The zero-order valence-corrected chi connectivity index (χ0v) is 17.8. The lowest BCUT2D eigenvalue weighted by Gasteiger charge is -2.32. The lowest BCUT2D eigenvalue weighted by Crippen LogP contribution is -2.42. The average molecular weight is 395 g/mol. The van der Waals surface area contributed by atoms with Crippen LogP contribution in [0.2, 0.25) is 0 Å². The molecule has 154 valence electrons. The van der Waals surface area contributed by atoms with E-state index in [4.69, 9.17) is 0 Å². The van der Waals surface area contributed by atoms with E-state index < -0.39 is 0 Å². The Hall–Kier alpha value is -2.76. The van der Waals surface area contributed by atoms with Crippen molar-refractivity contribution < 1.29 is 9.59 Å². The SMILES string of the molecule is CC(C)CC(=O)[C@@H]1CCCN(C(=O)c2ccc(-c3ccc(N(C)C)nc3)nc2)C1. The molecule has 0 spiro atoms. The second-order valence-electron chi connectivity index (χ2n) is 8.39. The molecule has 1 amide bonds. The van der Waals surface area contributed by atoms with Gasteiger partial charge in [0.1, 0.15) is 11.6 Å². The van der Waals surface area contributed by atoms with Crippen LogP contribution >= 0.6 is 0 Å². The van der Waals surface area contributed by atoms with Crippen molar-refractivity contribution in [2.45, 2.75) is 33.1 Å². The second-order valence-corrected chi connectivity index (χ2v) is 8.39. The van der Waals surface area contributed by atoms with E-state index in [9.17, 15) is 9.59 Å². The fourth-order valence-electron chi connectivity index (χ4n) is 3.67. The molecular weight excluding hydrogens is 364 g/mol. The van der Waals surface area contributed by atoms with Gasteiger partial charge >= 0.3 is 0 Å². The number of hydrogen-bond donors (Lipinski definition) is 0. The first-order chi connectivity index (χ1) is 13.8. The summed E-state index contributed by atoms with van der Waals surface area (Å²) >= 11 is 0. The molecule has 1 atom stereocenters. The molecule has 0 unspecified atom stereocenters. The molecule has 29 heavy (non-hydrogen) atoms. The van der Waals surface area contributed by atoms with Gasteiger partial charge in [0.2, 0.25) is 0 Å². The van der Waals surface area contributed by atoms with Gasteiger partial charge in [-0.2, -0.15) is 0 Å². The van der Waals surface area contributed by atoms with Crippen LogP contribution in [0.15, 0.2) is 36.7 Å². The van der Waals surface area contributed by atoms with Crippen LogP contribution in [0.25, 0.3) is 11.3 Å². The highest BCUT2D eigenvalue weighted by molar-refractivity contribution is 5.94. The van der Waals surface area contributed by atoms with E-state index in [0.29, 0.717) is 31.0 Å². The lowest BCUT2D eigenvalue weighted by atomic mass is 9.89. The number of rotatable bonds is 6. The van der Waals surface area contributed by atoms with Crippen molar-refractivity contribution in [2.24, 2.45) is 11.8 Å². The molecule has 1 aliphatic heterocycles. The molecule has 0 radical (unpaired) electrons. The van der Waals surface area contributed by atoms with E-state index in [1.165, 1.54) is 0 Å². The summed E-state index contributed by atoms with van der Waals surface area (Å²) < 4.78 is 0. The van der Waals surface area contributed by atoms with E-state index in [2.05, 4.69) is 23.8 Å². The maximum absolute atomic E-state index is 12.9. The number of nitrogens with zero attached hydrogens (tertiary/aromatic N) is 4. The van der Waals surface area contributed by atoms with E-state index in [1.54, 1.807) is 17.3 Å². The van der Waals surface area contributed by atoms with Crippen LogP contribution in [0.5, 0.6) is 0 Å². The monoisotopic (exact) mass is 394 g/mol. The van der Waals surface area contributed by atoms with Crippen molar-refractivity contribution in [3.05, 3.63) is 42.2 Å². The van der Waals surface area contributed by atoms with Crippen molar-refractivity contribution >= 4 is 17.5 Å². The van der Waals surface area contributed by atoms with Crippen LogP contribution in [0.3, 0.4) is 0 Å². The topological polar surface area (TPSA) is 66.4 Å². The minimum absolute atomic E-state index is 0.0383. The molecule has 2 aromatic rings. The molecule has 0 N–H and O–H groups in total. The predicted molar refractivity (Wildman–Crippen MR) is 115 cm³/mol. The average Bonchev–Trinajstić information content (AvgIpc) is 2.73. The first kappa shape index (κ1) is 21.0. The number of piperidine rings is 1. The summed E-state index contributed by atoms with van der Waals surface area (Å²) in [6.07, 6.45) is 5.74. The summed E-state index contributed by atoms with van der Waals surface area (Å²) in [7, 11) is 3.89. The van der Waals surface area contributed by atoms with Crippen LogP contribution in [0, 0.1) is 11.8 Å². The molecule has 1 saturated heterocycles. The van der Waals surface area contributed by atoms with Gasteiger partial charge in [-0.3, -0.25) is 14.6 Å². The molecule has 6 nitrogen and oxygen atoms in total. The highest BCUT2D eigenvalue weighted by atomic mass is 16.2. The van der Waals surface area contributed by atoms with E-state index in [0.717, 1.165) is 29.9 Å². The molecule has 2 aromatic heterocycles. The van der Waals surface area contributed by atoms with Gasteiger partial charge in [-0.05, 0) is 43.0 Å². The van der Waals surface area contributed by atoms with Crippen molar-refractivity contribution in [1.29, 1.82) is 0 Å². The fraction of sp³-hybridized carbons (Fsp3) is 0.478. The Morgan fingerprint density at radius 2 is 1.93 bits per heavy atom. The summed E-state index contributed by atoms with van der Waals surface area (Å²) in [5.41, 5.74) is 2.25. The molecule has 1 aliphatic rings. The smallest absolute Gasteiger partial charge is 0.255 e. The Morgan fingerprint density at radius 3 is 2.52 bits per heavy atom. The molecule has 0 saturated carbocycles. The lowest BCUT2D eigenvalue weighted by molar-refractivity contribution is -0.124. The van der Waals surface area contributed by atoms with E-state index in [-0.39, 0.29) is 17.6 Å². The minimum atomic E-state index is -0.0489. The zero-order chi connectivity index (χ0) is 21.0. The number of aromatic nitrogens is 2. The van der Waals surface area contributed by atoms with Gasteiger partial charge in [-0.15, -0.1) is 0 Å². The summed E-state index contributed by atoms with van der Waals surface area (Å²) in [6, 6.07) is 7.58. The van der Waals surface area contributed by atoms with Gasteiger partial charge in [0.05, 0.1) is 11.3 Å². The third-order valence-corrected chi connectivity index (χ3v) is 5.29.